The van der Waals surface area contributed by atoms with Gasteiger partial charge in [-0.1, -0.05) is 59.7 Å². The van der Waals surface area contributed by atoms with E-state index < -0.39 is 0 Å². The van der Waals surface area contributed by atoms with Crippen LogP contribution in [0, 0.1) is 0 Å². The zero-order valence-corrected chi connectivity index (χ0v) is 19.5. The van der Waals surface area contributed by atoms with Crippen molar-refractivity contribution >= 4 is 50.2 Å². The van der Waals surface area contributed by atoms with Gasteiger partial charge in [0.15, 0.2) is 5.16 Å². The third-order valence-corrected chi connectivity index (χ3v) is 6.06. The van der Waals surface area contributed by atoms with Crippen molar-refractivity contribution in [2.24, 2.45) is 0 Å². The number of rotatable bonds is 8. The molecule has 8 heteroatoms. The number of aromatic nitrogens is 2. The zero-order valence-electron chi connectivity index (χ0n) is 17.1. The molecule has 1 heterocycles. The van der Waals surface area contributed by atoms with Gasteiger partial charge in [0.1, 0.15) is 0 Å². The topological polar surface area (TPSA) is 73.2 Å². The van der Waals surface area contributed by atoms with Crippen LogP contribution in [0.15, 0.2) is 56.9 Å². The van der Waals surface area contributed by atoms with Gasteiger partial charge in [0.2, 0.25) is 5.91 Å². The Labute approximate surface area is 188 Å². The van der Waals surface area contributed by atoms with Crippen LogP contribution in [-0.2, 0) is 16.1 Å². The minimum absolute atomic E-state index is 0.142. The maximum absolute atomic E-state index is 13.0. The first kappa shape index (κ1) is 22.5. The Morgan fingerprint density at radius 3 is 2.77 bits per heavy atom. The van der Waals surface area contributed by atoms with E-state index in [4.69, 9.17) is 4.74 Å². The van der Waals surface area contributed by atoms with Crippen molar-refractivity contribution in [2.75, 3.05) is 24.8 Å². The SMILES string of the molecule is COCCn1c(SCC(=O)Nc2ccccc2C(C)C)nc2ccc(Br)cc2c1=O. The lowest BCUT2D eigenvalue weighted by Crippen LogP contribution is -2.26. The fourth-order valence-corrected chi connectivity index (χ4v) is 4.28. The lowest BCUT2D eigenvalue weighted by atomic mass is 10.0. The minimum atomic E-state index is -0.147. The van der Waals surface area contributed by atoms with Gasteiger partial charge in [0.05, 0.1) is 29.8 Å². The summed E-state index contributed by atoms with van der Waals surface area (Å²) in [5.41, 5.74) is 2.35. The quantitative estimate of drug-likeness (QED) is 0.367. The number of hydrogen-bond acceptors (Lipinski definition) is 5. The average molecular weight is 490 g/mol. The van der Waals surface area contributed by atoms with Crippen LogP contribution in [0.2, 0.25) is 0 Å². The van der Waals surface area contributed by atoms with E-state index in [-0.39, 0.29) is 17.2 Å². The largest absolute Gasteiger partial charge is 0.383 e. The van der Waals surface area contributed by atoms with Crippen molar-refractivity contribution in [3.05, 3.63) is 62.9 Å². The van der Waals surface area contributed by atoms with Crippen molar-refractivity contribution in [2.45, 2.75) is 31.5 Å². The van der Waals surface area contributed by atoms with Crippen LogP contribution in [0.1, 0.15) is 25.3 Å². The molecule has 0 spiro atoms. The number of thioether (sulfide) groups is 1. The molecule has 3 rings (SSSR count). The maximum atomic E-state index is 13.0. The van der Waals surface area contributed by atoms with Crippen LogP contribution >= 0.6 is 27.7 Å². The van der Waals surface area contributed by atoms with Gasteiger partial charge in [-0.15, -0.1) is 0 Å². The summed E-state index contributed by atoms with van der Waals surface area (Å²) in [6.45, 7) is 4.92. The summed E-state index contributed by atoms with van der Waals surface area (Å²) in [6.07, 6.45) is 0. The number of halogens is 1. The first-order valence-corrected chi connectivity index (χ1v) is 11.4. The van der Waals surface area contributed by atoms with Crippen molar-refractivity contribution in [1.29, 1.82) is 0 Å². The number of methoxy groups -OCH3 is 1. The molecule has 0 fully saturated rings. The predicted molar refractivity (Wildman–Crippen MR) is 125 cm³/mol. The van der Waals surface area contributed by atoms with E-state index in [1.54, 1.807) is 23.8 Å². The number of ether oxygens (including phenoxy) is 1. The van der Waals surface area contributed by atoms with Crippen molar-refractivity contribution in [3.8, 4) is 0 Å². The third-order valence-electron chi connectivity index (χ3n) is 4.59. The second kappa shape index (κ2) is 10.2. The fraction of sp³-hybridized carbons (Fsp3) is 0.318. The van der Waals surface area contributed by atoms with Gasteiger partial charge >= 0.3 is 0 Å². The van der Waals surface area contributed by atoms with Gasteiger partial charge in [0, 0.05) is 17.3 Å². The summed E-state index contributed by atoms with van der Waals surface area (Å²) in [7, 11) is 1.59. The van der Waals surface area contributed by atoms with Crippen LogP contribution in [0.4, 0.5) is 5.69 Å². The molecule has 1 aromatic heterocycles. The zero-order chi connectivity index (χ0) is 21.7. The number of carbonyl (C=O) groups excluding carboxylic acids is 1. The van der Waals surface area contributed by atoms with E-state index in [1.807, 2.05) is 30.3 Å². The smallest absolute Gasteiger partial charge is 0.262 e. The van der Waals surface area contributed by atoms with E-state index in [2.05, 4.69) is 40.1 Å². The molecule has 30 heavy (non-hydrogen) atoms. The second-order valence-electron chi connectivity index (χ2n) is 7.08. The molecule has 0 aliphatic rings. The van der Waals surface area contributed by atoms with Crippen LogP contribution < -0.4 is 10.9 Å². The number of anilines is 1. The molecule has 3 aromatic rings. The Balaban J connectivity index is 1.83. The summed E-state index contributed by atoms with van der Waals surface area (Å²) in [5, 5.41) is 4.01. The lowest BCUT2D eigenvalue weighted by Gasteiger charge is -2.15. The molecule has 0 saturated carbocycles. The highest BCUT2D eigenvalue weighted by Crippen LogP contribution is 2.25. The molecular weight excluding hydrogens is 466 g/mol. The number of benzene rings is 2. The average Bonchev–Trinajstić information content (AvgIpc) is 2.72. The van der Waals surface area contributed by atoms with Gasteiger partial charge in [-0.05, 0) is 35.7 Å². The van der Waals surface area contributed by atoms with E-state index in [1.165, 1.54) is 11.8 Å². The minimum Gasteiger partial charge on any atom is -0.383 e. The Kier molecular flexibility index (Phi) is 7.69. The fourth-order valence-electron chi connectivity index (χ4n) is 3.09. The summed E-state index contributed by atoms with van der Waals surface area (Å²) < 4.78 is 7.53. The number of fused-ring (bicyclic) bond motifs is 1. The summed E-state index contributed by atoms with van der Waals surface area (Å²) >= 11 is 4.65. The highest BCUT2D eigenvalue weighted by molar-refractivity contribution is 9.10. The number of nitrogens with one attached hydrogen (secondary N) is 1. The molecule has 6 nitrogen and oxygen atoms in total. The molecular formula is C22H24BrN3O3S. The Bertz CT molecular complexity index is 1110. The second-order valence-corrected chi connectivity index (χ2v) is 8.94. The highest BCUT2D eigenvalue weighted by atomic mass is 79.9. The molecule has 0 radical (unpaired) electrons. The molecule has 0 aliphatic heterocycles. The van der Waals surface area contributed by atoms with E-state index >= 15 is 0 Å². The molecule has 0 unspecified atom stereocenters. The summed E-state index contributed by atoms with van der Waals surface area (Å²) in [6, 6.07) is 13.2. The first-order chi connectivity index (χ1) is 14.4. The third kappa shape index (κ3) is 5.30. The maximum Gasteiger partial charge on any atom is 0.262 e. The van der Waals surface area contributed by atoms with Crippen molar-refractivity contribution < 1.29 is 9.53 Å². The Hall–Kier alpha value is -2.16. The molecule has 1 N–H and O–H groups in total. The monoisotopic (exact) mass is 489 g/mol. The van der Waals surface area contributed by atoms with Gasteiger partial charge < -0.3 is 10.1 Å². The number of amides is 1. The Morgan fingerprint density at radius 1 is 1.27 bits per heavy atom. The molecule has 158 valence electrons. The first-order valence-electron chi connectivity index (χ1n) is 9.61. The number of nitrogens with zero attached hydrogens (tertiary/aromatic N) is 2. The van der Waals surface area contributed by atoms with Crippen molar-refractivity contribution in [3.63, 3.8) is 0 Å². The molecule has 1 amide bonds. The summed E-state index contributed by atoms with van der Waals surface area (Å²) in [5.74, 6) is 0.305. The van der Waals surface area contributed by atoms with E-state index in [9.17, 15) is 9.59 Å². The molecule has 0 bridgehead atoms. The lowest BCUT2D eigenvalue weighted by molar-refractivity contribution is -0.113. The number of carbonyl (C=O) groups is 1. The number of para-hydroxylation sites is 1. The molecule has 0 atom stereocenters. The molecule has 0 saturated heterocycles. The predicted octanol–water partition coefficient (Wildman–Crippen LogP) is 4.66. The van der Waals surface area contributed by atoms with Crippen LogP contribution in [-0.4, -0.2) is 34.9 Å². The van der Waals surface area contributed by atoms with Crippen LogP contribution in [0.5, 0.6) is 0 Å². The Morgan fingerprint density at radius 2 is 2.03 bits per heavy atom. The van der Waals surface area contributed by atoms with Crippen molar-refractivity contribution in [1.82, 2.24) is 9.55 Å². The normalized spacial score (nSPS) is 11.2. The van der Waals surface area contributed by atoms with Gasteiger partial charge in [-0.3, -0.25) is 14.2 Å². The molecule has 2 aromatic carbocycles. The number of hydrogen-bond donors (Lipinski definition) is 1. The molecule has 0 aliphatic carbocycles. The van der Waals surface area contributed by atoms with Gasteiger partial charge in [-0.2, -0.15) is 0 Å². The van der Waals surface area contributed by atoms with E-state index in [0.29, 0.717) is 35.1 Å². The van der Waals surface area contributed by atoms with Gasteiger partial charge in [0.25, 0.3) is 5.56 Å². The summed E-state index contributed by atoms with van der Waals surface area (Å²) in [4.78, 5) is 30.2. The standard InChI is InChI=1S/C22H24BrN3O3S/c1-14(2)16-6-4-5-7-18(16)24-20(27)13-30-22-25-19-9-8-15(23)12-17(19)21(28)26(22)10-11-29-3/h4-9,12,14H,10-11,13H2,1-3H3,(H,24,27). The van der Waals surface area contributed by atoms with Gasteiger partial charge in [-0.25, -0.2) is 4.98 Å². The highest BCUT2D eigenvalue weighted by Gasteiger charge is 2.15. The van der Waals surface area contributed by atoms with Crippen LogP contribution in [0.3, 0.4) is 0 Å². The van der Waals surface area contributed by atoms with Crippen LogP contribution in [0.25, 0.3) is 10.9 Å². The van der Waals surface area contributed by atoms with E-state index in [0.717, 1.165) is 15.7 Å².